The average molecular weight is 234 g/mol. The summed E-state index contributed by atoms with van der Waals surface area (Å²) in [7, 11) is 2.93. The fourth-order valence-electron chi connectivity index (χ4n) is 1.42. The van der Waals surface area contributed by atoms with Crippen molar-refractivity contribution in [3.05, 3.63) is 0 Å². The Kier molecular flexibility index (Phi) is 12.2. The lowest BCUT2D eigenvalue weighted by Gasteiger charge is -2.15. The second-order valence-electron chi connectivity index (χ2n) is 3.76. The average Bonchev–Trinajstić information content (AvgIpc) is 2.26. The maximum atomic E-state index is 5.63. The Morgan fingerprint density at radius 1 is 1.07 bits per heavy atom. The zero-order valence-electron chi connectivity index (χ0n) is 10.5. The van der Waals surface area contributed by atoms with Crippen molar-refractivity contribution in [2.45, 2.75) is 51.4 Å². The second kappa shape index (κ2) is 12.2. The molecule has 0 heterocycles. The van der Waals surface area contributed by atoms with Gasteiger partial charge in [0, 0.05) is 14.2 Å². The Hall–Kier alpha value is 0.0969. The molecule has 0 aliphatic heterocycles. The number of unbranched alkanes of at least 4 members (excludes halogenated alkanes) is 4. The number of rotatable bonds is 11. The lowest BCUT2D eigenvalue weighted by atomic mass is 10.2. The molecule has 4 heteroatoms. The summed E-state index contributed by atoms with van der Waals surface area (Å²) in [5.41, 5.74) is 0. The first-order valence-corrected chi connectivity index (χ1v) is 7.56. The lowest BCUT2D eigenvalue weighted by molar-refractivity contribution is -0.0928. The van der Waals surface area contributed by atoms with Crippen molar-refractivity contribution in [1.29, 1.82) is 0 Å². The predicted molar refractivity (Wildman–Crippen MR) is 65.9 cm³/mol. The van der Waals surface area contributed by atoms with Crippen molar-refractivity contribution >= 4 is 9.76 Å². The first-order chi connectivity index (χ1) is 7.35. The smallest absolute Gasteiger partial charge is 0.170 e. The minimum atomic E-state index is -0.407. The molecule has 0 radical (unpaired) electrons. The fraction of sp³-hybridized carbons (Fsp3) is 1.00. The number of hydrogen-bond acceptors (Lipinski definition) is 3. The molecule has 0 spiro atoms. The van der Waals surface area contributed by atoms with E-state index in [0.29, 0.717) is 6.61 Å². The van der Waals surface area contributed by atoms with Crippen LogP contribution in [-0.2, 0) is 13.9 Å². The van der Waals surface area contributed by atoms with Crippen LogP contribution >= 0.6 is 0 Å². The predicted octanol–water partition coefficient (Wildman–Crippen LogP) is 2.09. The number of ether oxygens (including phenoxy) is 2. The number of methoxy groups -OCH3 is 2. The van der Waals surface area contributed by atoms with E-state index >= 15 is 0 Å². The Morgan fingerprint density at radius 3 is 2.40 bits per heavy atom. The first-order valence-electron chi connectivity index (χ1n) is 5.98. The van der Waals surface area contributed by atoms with Crippen LogP contribution in [0.1, 0.15) is 39.0 Å². The van der Waals surface area contributed by atoms with Gasteiger partial charge in [0.1, 0.15) is 0 Å². The molecule has 0 amide bonds. The van der Waals surface area contributed by atoms with E-state index in [2.05, 4.69) is 6.92 Å². The normalized spacial score (nSPS) is 13.8. The van der Waals surface area contributed by atoms with Gasteiger partial charge in [0.15, 0.2) is 16.1 Å². The fourth-order valence-corrected chi connectivity index (χ4v) is 2.64. The zero-order chi connectivity index (χ0) is 11.4. The van der Waals surface area contributed by atoms with Gasteiger partial charge in [0.05, 0.1) is 6.61 Å². The van der Waals surface area contributed by atoms with Crippen LogP contribution in [-0.4, -0.2) is 36.9 Å². The highest BCUT2D eigenvalue weighted by molar-refractivity contribution is 6.27. The zero-order valence-corrected chi connectivity index (χ0v) is 11.9. The molecule has 0 rings (SSSR count). The molecule has 3 nitrogen and oxygen atoms in total. The van der Waals surface area contributed by atoms with Crippen LogP contribution in [0.5, 0.6) is 0 Å². The Labute approximate surface area is 96.4 Å². The summed E-state index contributed by atoms with van der Waals surface area (Å²) in [4.78, 5) is 0. The third kappa shape index (κ3) is 10.4. The largest absolute Gasteiger partial charge is 0.398 e. The van der Waals surface area contributed by atoms with Crippen LogP contribution in [0.3, 0.4) is 0 Å². The quantitative estimate of drug-likeness (QED) is 0.311. The standard InChI is InChI=1S/C11H26O3Si/c1-4-5-6-7-8-9-15-14-11(13-3)10-12-2/h11H,4-10,15H2,1-3H3. The monoisotopic (exact) mass is 234 g/mol. The van der Waals surface area contributed by atoms with Crippen molar-refractivity contribution < 1.29 is 13.9 Å². The highest BCUT2D eigenvalue weighted by Crippen LogP contribution is 2.05. The SMILES string of the molecule is CCCCCCC[SiH2]OC(COC)OC. The molecule has 0 aromatic heterocycles. The lowest BCUT2D eigenvalue weighted by Crippen LogP contribution is -2.22. The van der Waals surface area contributed by atoms with Crippen LogP contribution in [0, 0.1) is 0 Å². The Bertz CT molecular complexity index is 122. The third-order valence-corrected chi connectivity index (χ3v) is 3.76. The molecule has 0 aromatic carbocycles. The van der Waals surface area contributed by atoms with Crippen LogP contribution in [0.4, 0.5) is 0 Å². The molecule has 0 N–H and O–H groups in total. The van der Waals surface area contributed by atoms with E-state index in [0.717, 1.165) is 0 Å². The maximum absolute atomic E-state index is 5.63. The molecule has 0 aliphatic rings. The van der Waals surface area contributed by atoms with Crippen molar-refractivity contribution in [3.8, 4) is 0 Å². The molecule has 1 unspecified atom stereocenters. The first kappa shape index (κ1) is 15.1. The summed E-state index contributed by atoms with van der Waals surface area (Å²) in [6.07, 6.45) is 6.58. The Balaban J connectivity index is 3.14. The van der Waals surface area contributed by atoms with E-state index in [1.807, 2.05) is 0 Å². The molecule has 0 fully saturated rings. The van der Waals surface area contributed by atoms with E-state index in [1.54, 1.807) is 14.2 Å². The van der Waals surface area contributed by atoms with Gasteiger partial charge in [-0.3, -0.25) is 0 Å². The summed E-state index contributed by atoms with van der Waals surface area (Å²) >= 11 is 0. The summed E-state index contributed by atoms with van der Waals surface area (Å²) in [5, 5.41) is 0. The van der Waals surface area contributed by atoms with E-state index in [4.69, 9.17) is 13.9 Å². The highest BCUT2D eigenvalue weighted by atomic mass is 28.2. The second-order valence-corrected chi connectivity index (χ2v) is 5.21. The topological polar surface area (TPSA) is 27.7 Å². The third-order valence-electron chi connectivity index (χ3n) is 2.37. The molecule has 1 atom stereocenters. The van der Waals surface area contributed by atoms with E-state index in [-0.39, 0.29) is 6.29 Å². The summed E-state index contributed by atoms with van der Waals surface area (Å²) in [5.74, 6) is 0. The van der Waals surface area contributed by atoms with Gasteiger partial charge in [0.25, 0.3) is 0 Å². The maximum Gasteiger partial charge on any atom is 0.170 e. The van der Waals surface area contributed by atoms with Gasteiger partial charge in [-0.25, -0.2) is 0 Å². The Morgan fingerprint density at radius 2 is 1.80 bits per heavy atom. The minimum Gasteiger partial charge on any atom is -0.398 e. The van der Waals surface area contributed by atoms with Gasteiger partial charge in [-0.1, -0.05) is 39.0 Å². The van der Waals surface area contributed by atoms with Gasteiger partial charge in [-0.05, 0) is 6.04 Å². The molecule has 0 bridgehead atoms. The van der Waals surface area contributed by atoms with Gasteiger partial charge < -0.3 is 13.9 Å². The highest BCUT2D eigenvalue weighted by Gasteiger charge is 2.05. The molecule has 92 valence electrons. The van der Waals surface area contributed by atoms with Crippen molar-refractivity contribution in [3.63, 3.8) is 0 Å². The minimum absolute atomic E-state index is 0.141. The summed E-state index contributed by atoms with van der Waals surface area (Å²) in [6, 6.07) is 1.26. The van der Waals surface area contributed by atoms with Gasteiger partial charge in [0.2, 0.25) is 0 Å². The van der Waals surface area contributed by atoms with Gasteiger partial charge in [-0.15, -0.1) is 0 Å². The van der Waals surface area contributed by atoms with E-state index in [9.17, 15) is 0 Å². The van der Waals surface area contributed by atoms with Crippen molar-refractivity contribution in [2.24, 2.45) is 0 Å². The molecular weight excluding hydrogens is 208 g/mol. The molecule has 0 saturated carbocycles. The van der Waals surface area contributed by atoms with Gasteiger partial charge >= 0.3 is 0 Å². The van der Waals surface area contributed by atoms with E-state index < -0.39 is 9.76 Å². The van der Waals surface area contributed by atoms with Crippen molar-refractivity contribution in [1.82, 2.24) is 0 Å². The van der Waals surface area contributed by atoms with E-state index in [1.165, 1.54) is 38.1 Å². The summed E-state index contributed by atoms with van der Waals surface area (Å²) in [6.45, 7) is 2.78. The summed E-state index contributed by atoms with van der Waals surface area (Å²) < 4.78 is 15.7. The van der Waals surface area contributed by atoms with Crippen LogP contribution in [0.25, 0.3) is 0 Å². The number of hydrogen-bond donors (Lipinski definition) is 0. The van der Waals surface area contributed by atoms with Crippen LogP contribution in [0.2, 0.25) is 6.04 Å². The molecule has 0 aromatic rings. The van der Waals surface area contributed by atoms with Crippen molar-refractivity contribution in [2.75, 3.05) is 20.8 Å². The molecule has 15 heavy (non-hydrogen) atoms. The molecule has 0 saturated heterocycles. The van der Waals surface area contributed by atoms with Crippen LogP contribution < -0.4 is 0 Å². The van der Waals surface area contributed by atoms with Gasteiger partial charge in [-0.2, -0.15) is 0 Å². The molecule has 0 aliphatic carbocycles. The molecular formula is C11H26O3Si. The van der Waals surface area contributed by atoms with Crippen LogP contribution in [0.15, 0.2) is 0 Å².